The number of amides is 1. The number of ketones is 1. The average Bonchev–Trinajstić information content (AvgIpc) is 3.05. The number of carbonyl (C=O) groups excluding carboxylic acids is 2. The molecule has 0 unspecified atom stereocenters. The Balaban J connectivity index is 1.85. The van der Waals surface area contributed by atoms with E-state index in [0.717, 1.165) is 5.56 Å². The van der Waals surface area contributed by atoms with Crippen molar-refractivity contribution in [2.75, 3.05) is 7.11 Å². The summed E-state index contributed by atoms with van der Waals surface area (Å²) in [4.78, 5) is 27.5. The molecule has 0 bridgehead atoms. The molecular formula is C25H20ClNO4. The molecule has 156 valence electrons. The molecule has 1 fully saturated rings. The molecule has 6 heteroatoms. The fourth-order valence-corrected chi connectivity index (χ4v) is 3.85. The SMILES string of the molecule is COc1ccc([C@H]2/C(=C(\O)c3ccc(Cl)cc3)C(=O)C(=O)N2Cc2ccccc2)cc1. The molecule has 0 aromatic heterocycles. The van der Waals surface area contributed by atoms with Crippen molar-refractivity contribution in [1.82, 2.24) is 4.90 Å². The number of halogens is 1. The topological polar surface area (TPSA) is 66.8 Å². The van der Waals surface area contributed by atoms with Crippen molar-refractivity contribution in [3.05, 3.63) is 106 Å². The lowest BCUT2D eigenvalue weighted by molar-refractivity contribution is -0.140. The number of methoxy groups -OCH3 is 1. The van der Waals surface area contributed by atoms with Crippen LogP contribution in [0.2, 0.25) is 5.02 Å². The Labute approximate surface area is 185 Å². The highest BCUT2D eigenvalue weighted by Gasteiger charge is 2.46. The van der Waals surface area contributed by atoms with Crippen molar-refractivity contribution in [2.24, 2.45) is 0 Å². The maximum Gasteiger partial charge on any atom is 0.295 e. The highest BCUT2D eigenvalue weighted by atomic mass is 35.5. The first-order chi connectivity index (χ1) is 15.0. The number of Topliss-reactive ketones (excluding diaryl/α,β-unsaturated/α-hetero) is 1. The van der Waals surface area contributed by atoms with Gasteiger partial charge in [-0.2, -0.15) is 0 Å². The standard InChI is InChI=1S/C25H20ClNO4/c1-31-20-13-9-17(10-14-20)22-21(23(28)18-7-11-19(26)12-8-18)24(29)25(30)27(22)15-16-5-3-2-4-6-16/h2-14,22,28H,15H2,1H3/b23-21+/t22-/m0/s1. The van der Waals surface area contributed by atoms with Gasteiger partial charge in [0.15, 0.2) is 0 Å². The van der Waals surface area contributed by atoms with E-state index in [-0.39, 0.29) is 17.9 Å². The number of hydrogen-bond donors (Lipinski definition) is 1. The highest BCUT2D eigenvalue weighted by Crippen LogP contribution is 2.40. The van der Waals surface area contributed by atoms with Gasteiger partial charge in [-0.25, -0.2) is 0 Å². The lowest BCUT2D eigenvalue weighted by Gasteiger charge is -2.25. The molecule has 0 spiro atoms. The van der Waals surface area contributed by atoms with Crippen molar-refractivity contribution < 1.29 is 19.4 Å². The summed E-state index contributed by atoms with van der Waals surface area (Å²) in [5.74, 6) is -0.947. The number of benzene rings is 3. The van der Waals surface area contributed by atoms with Crippen molar-refractivity contribution in [3.8, 4) is 5.75 Å². The molecule has 1 N–H and O–H groups in total. The number of rotatable bonds is 5. The molecule has 1 atom stereocenters. The van der Waals surface area contributed by atoms with Crippen LogP contribution >= 0.6 is 11.6 Å². The fourth-order valence-electron chi connectivity index (χ4n) is 3.72. The van der Waals surface area contributed by atoms with Gasteiger partial charge >= 0.3 is 0 Å². The molecule has 1 aliphatic heterocycles. The van der Waals surface area contributed by atoms with Gasteiger partial charge in [0.2, 0.25) is 0 Å². The Morgan fingerprint density at radius 1 is 0.968 bits per heavy atom. The molecule has 31 heavy (non-hydrogen) atoms. The van der Waals surface area contributed by atoms with Crippen molar-refractivity contribution in [3.63, 3.8) is 0 Å². The second-order valence-electron chi connectivity index (χ2n) is 7.19. The van der Waals surface area contributed by atoms with E-state index < -0.39 is 17.7 Å². The largest absolute Gasteiger partial charge is 0.507 e. The fraction of sp³-hybridized carbons (Fsp3) is 0.120. The van der Waals surface area contributed by atoms with Gasteiger partial charge in [0.05, 0.1) is 18.7 Å². The molecule has 1 amide bonds. The summed E-state index contributed by atoms with van der Waals surface area (Å²) in [7, 11) is 1.57. The Morgan fingerprint density at radius 3 is 2.23 bits per heavy atom. The summed E-state index contributed by atoms with van der Waals surface area (Å²) in [6.07, 6.45) is 0. The van der Waals surface area contributed by atoms with Crippen LogP contribution in [0.5, 0.6) is 5.75 Å². The zero-order valence-electron chi connectivity index (χ0n) is 16.8. The zero-order chi connectivity index (χ0) is 22.0. The minimum atomic E-state index is -0.734. The smallest absolute Gasteiger partial charge is 0.295 e. The monoisotopic (exact) mass is 433 g/mol. The van der Waals surface area contributed by atoms with Crippen LogP contribution in [0.15, 0.2) is 84.4 Å². The van der Waals surface area contributed by atoms with E-state index in [9.17, 15) is 14.7 Å². The van der Waals surface area contributed by atoms with Gasteiger partial charge in [-0.05, 0) is 47.5 Å². The van der Waals surface area contributed by atoms with Crippen molar-refractivity contribution in [2.45, 2.75) is 12.6 Å². The van der Waals surface area contributed by atoms with Crippen LogP contribution in [0.4, 0.5) is 0 Å². The van der Waals surface area contributed by atoms with E-state index in [1.165, 1.54) is 4.90 Å². The van der Waals surface area contributed by atoms with E-state index in [4.69, 9.17) is 16.3 Å². The molecule has 1 saturated heterocycles. The molecule has 1 aliphatic rings. The summed E-state index contributed by atoms with van der Waals surface area (Å²) < 4.78 is 5.23. The molecule has 0 radical (unpaired) electrons. The van der Waals surface area contributed by atoms with E-state index in [1.807, 2.05) is 30.3 Å². The van der Waals surface area contributed by atoms with Gasteiger partial charge in [-0.15, -0.1) is 0 Å². The van der Waals surface area contributed by atoms with Crippen LogP contribution in [0, 0.1) is 0 Å². The predicted octanol–water partition coefficient (Wildman–Crippen LogP) is 4.97. The second-order valence-corrected chi connectivity index (χ2v) is 7.63. The minimum absolute atomic E-state index is 0.0495. The average molecular weight is 434 g/mol. The summed E-state index contributed by atoms with van der Waals surface area (Å²) in [6.45, 7) is 0.236. The van der Waals surface area contributed by atoms with E-state index in [0.29, 0.717) is 21.9 Å². The van der Waals surface area contributed by atoms with Gasteiger partial charge in [-0.3, -0.25) is 9.59 Å². The first kappa shape index (κ1) is 20.7. The maximum absolute atomic E-state index is 13.0. The summed E-state index contributed by atoms with van der Waals surface area (Å²) in [5.41, 5.74) is 2.05. The molecule has 4 rings (SSSR count). The third kappa shape index (κ3) is 4.05. The second kappa shape index (κ2) is 8.66. The van der Waals surface area contributed by atoms with Crippen LogP contribution in [-0.4, -0.2) is 28.8 Å². The Bertz CT molecular complexity index is 1140. The molecule has 3 aromatic rings. The number of carbonyl (C=O) groups is 2. The quantitative estimate of drug-likeness (QED) is 0.350. The van der Waals surface area contributed by atoms with Crippen LogP contribution in [0.1, 0.15) is 22.7 Å². The molecule has 5 nitrogen and oxygen atoms in total. The van der Waals surface area contributed by atoms with E-state index >= 15 is 0 Å². The maximum atomic E-state index is 13.0. The minimum Gasteiger partial charge on any atom is -0.507 e. The Kier molecular flexibility index (Phi) is 5.78. The van der Waals surface area contributed by atoms with Crippen molar-refractivity contribution >= 4 is 29.1 Å². The summed E-state index contributed by atoms with van der Waals surface area (Å²) in [6, 6.07) is 22.3. The van der Waals surface area contributed by atoms with Crippen LogP contribution < -0.4 is 4.74 Å². The predicted molar refractivity (Wildman–Crippen MR) is 119 cm³/mol. The molecule has 0 aliphatic carbocycles. The van der Waals surface area contributed by atoms with E-state index in [1.54, 1.807) is 55.6 Å². The number of aliphatic hydroxyl groups excluding tert-OH is 1. The first-order valence-corrected chi connectivity index (χ1v) is 10.1. The number of aliphatic hydroxyl groups is 1. The Hall–Kier alpha value is -3.57. The number of ether oxygens (including phenoxy) is 1. The van der Waals surface area contributed by atoms with E-state index in [2.05, 4.69) is 0 Å². The number of likely N-dealkylation sites (tertiary alicyclic amines) is 1. The van der Waals surface area contributed by atoms with Gasteiger partial charge in [0.25, 0.3) is 11.7 Å². The highest BCUT2D eigenvalue weighted by molar-refractivity contribution is 6.46. The van der Waals surface area contributed by atoms with Gasteiger partial charge in [-0.1, -0.05) is 54.1 Å². The Morgan fingerprint density at radius 2 is 1.61 bits per heavy atom. The lowest BCUT2D eigenvalue weighted by atomic mass is 9.95. The summed E-state index contributed by atoms with van der Waals surface area (Å²) in [5, 5.41) is 11.5. The molecular weight excluding hydrogens is 414 g/mol. The third-order valence-corrected chi connectivity index (χ3v) is 5.54. The summed E-state index contributed by atoms with van der Waals surface area (Å²) >= 11 is 5.96. The molecule has 3 aromatic carbocycles. The molecule has 1 heterocycles. The van der Waals surface area contributed by atoms with Crippen LogP contribution in [0.3, 0.4) is 0 Å². The van der Waals surface area contributed by atoms with Crippen molar-refractivity contribution in [1.29, 1.82) is 0 Å². The first-order valence-electron chi connectivity index (χ1n) is 9.72. The normalized spacial score (nSPS) is 17.7. The lowest BCUT2D eigenvalue weighted by Crippen LogP contribution is -2.29. The van der Waals surface area contributed by atoms with Crippen LogP contribution in [-0.2, 0) is 16.1 Å². The van der Waals surface area contributed by atoms with Crippen LogP contribution in [0.25, 0.3) is 5.76 Å². The number of nitrogens with zero attached hydrogens (tertiary/aromatic N) is 1. The van der Waals surface area contributed by atoms with Gasteiger partial charge in [0, 0.05) is 17.1 Å². The molecule has 0 saturated carbocycles. The van der Waals surface area contributed by atoms with Gasteiger partial charge < -0.3 is 14.7 Å². The zero-order valence-corrected chi connectivity index (χ0v) is 17.5. The number of hydrogen-bond acceptors (Lipinski definition) is 4. The van der Waals surface area contributed by atoms with Gasteiger partial charge in [0.1, 0.15) is 11.5 Å². The third-order valence-electron chi connectivity index (χ3n) is 5.28.